The summed E-state index contributed by atoms with van der Waals surface area (Å²) in [5.41, 5.74) is 0.0324. The summed E-state index contributed by atoms with van der Waals surface area (Å²) in [6.45, 7) is 2.61. The molecule has 2 heterocycles. The fourth-order valence-electron chi connectivity index (χ4n) is 2.05. The molecule has 1 atom stereocenters. The highest BCUT2D eigenvalue weighted by atomic mass is 16.5. The first-order chi connectivity index (χ1) is 5.31. The van der Waals surface area contributed by atoms with Gasteiger partial charge in [0.2, 0.25) is 0 Å². The quantitative estimate of drug-likeness (QED) is 0.515. The van der Waals surface area contributed by atoms with E-state index in [2.05, 4.69) is 5.32 Å². The molecule has 2 rings (SSSR count). The molecule has 0 saturated carbocycles. The molecule has 0 aromatic heterocycles. The van der Waals surface area contributed by atoms with Gasteiger partial charge in [0.25, 0.3) is 0 Å². The predicted octanol–water partition coefficient (Wildman–Crippen LogP) is -0.110. The van der Waals surface area contributed by atoms with Crippen LogP contribution in [0.3, 0.4) is 0 Å². The molecule has 0 aliphatic carbocycles. The Morgan fingerprint density at radius 2 is 2.09 bits per heavy atom. The second-order valence-electron chi connectivity index (χ2n) is 3.60. The maximum atomic E-state index is 9.30. The van der Waals surface area contributed by atoms with E-state index >= 15 is 0 Å². The molecule has 0 amide bonds. The first kappa shape index (κ1) is 7.53. The summed E-state index contributed by atoms with van der Waals surface area (Å²) in [6, 6.07) is 0. The van der Waals surface area contributed by atoms with Crippen molar-refractivity contribution in [3.8, 4) is 0 Å². The zero-order valence-electron chi connectivity index (χ0n) is 6.68. The van der Waals surface area contributed by atoms with Gasteiger partial charge in [-0.2, -0.15) is 0 Å². The molecule has 2 saturated heterocycles. The number of aliphatic hydroxyl groups excluding tert-OH is 1. The van der Waals surface area contributed by atoms with Crippen molar-refractivity contribution in [1.82, 2.24) is 5.32 Å². The van der Waals surface area contributed by atoms with Gasteiger partial charge in [0.1, 0.15) is 0 Å². The van der Waals surface area contributed by atoms with E-state index < -0.39 is 0 Å². The van der Waals surface area contributed by atoms with Gasteiger partial charge in [0, 0.05) is 6.42 Å². The molecular formula is C8H15NO2. The van der Waals surface area contributed by atoms with Crippen LogP contribution in [0.1, 0.15) is 19.3 Å². The number of nitrogens with one attached hydrogen (secondary N) is 1. The second-order valence-corrected chi connectivity index (χ2v) is 3.60. The summed E-state index contributed by atoms with van der Waals surface area (Å²) in [4.78, 5) is 0. The van der Waals surface area contributed by atoms with Crippen LogP contribution >= 0.6 is 0 Å². The molecule has 3 nitrogen and oxygen atoms in total. The van der Waals surface area contributed by atoms with Crippen molar-refractivity contribution >= 4 is 0 Å². The minimum Gasteiger partial charge on any atom is -0.391 e. The highest BCUT2D eigenvalue weighted by molar-refractivity contribution is 4.92. The van der Waals surface area contributed by atoms with Crippen LogP contribution in [0.15, 0.2) is 0 Å². The average Bonchev–Trinajstić information content (AvgIpc) is 2.34. The fraction of sp³-hybridized carbons (Fsp3) is 1.00. The molecule has 0 aromatic rings. The minimum atomic E-state index is -0.215. The van der Waals surface area contributed by atoms with E-state index in [-0.39, 0.29) is 11.7 Å². The van der Waals surface area contributed by atoms with Crippen LogP contribution in [-0.4, -0.2) is 36.5 Å². The third-order valence-electron chi connectivity index (χ3n) is 2.70. The van der Waals surface area contributed by atoms with Gasteiger partial charge in [-0.25, -0.2) is 0 Å². The minimum absolute atomic E-state index is 0.0324. The summed E-state index contributed by atoms with van der Waals surface area (Å²) in [5, 5.41) is 12.6. The summed E-state index contributed by atoms with van der Waals surface area (Å²) in [7, 11) is 0. The van der Waals surface area contributed by atoms with Gasteiger partial charge in [-0.15, -0.1) is 0 Å². The van der Waals surface area contributed by atoms with Crippen LogP contribution in [0.25, 0.3) is 0 Å². The zero-order valence-corrected chi connectivity index (χ0v) is 6.68. The molecule has 11 heavy (non-hydrogen) atoms. The fourth-order valence-corrected chi connectivity index (χ4v) is 2.05. The Bertz CT molecular complexity index is 138. The average molecular weight is 157 g/mol. The van der Waals surface area contributed by atoms with Crippen LogP contribution in [0, 0.1) is 0 Å². The van der Waals surface area contributed by atoms with Gasteiger partial charge in [-0.1, -0.05) is 0 Å². The zero-order chi connectivity index (χ0) is 7.73. The van der Waals surface area contributed by atoms with Crippen molar-refractivity contribution in [3.63, 3.8) is 0 Å². The highest BCUT2D eigenvalue weighted by Crippen LogP contribution is 2.33. The SMILES string of the molecule is O[C@H]1COC2(CCNCC2)C1. The number of piperidine rings is 1. The smallest absolute Gasteiger partial charge is 0.0801 e. The van der Waals surface area contributed by atoms with E-state index in [0.29, 0.717) is 6.61 Å². The van der Waals surface area contributed by atoms with Crippen molar-refractivity contribution in [2.45, 2.75) is 31.0 Å². The monoisotopic (exact) mass is 157 g/mol. The molecule has 2 fully saturated rings. The lowest BCUT2D eigenvalue weighted by Crippen LogP contribution is -2.41. The highest BCUT2D eigenvalue weighted by Gasteiger charge is 2.40. The molecule has 2 N–H and O–H groups in total. The lowest BCUT2D eigenvalue weighted by Gasteiger charge is -2.32. The summed E-state index contributed by atoms with van der Waals surface area (Å²) < 4.78 is 5.60. The van der Waals surface area contributed by atoms with Gasteiger partial charge in [-0.3, -0.25) is 0 Å². The van der Waals surface area contributed by atoms with Gasteiger partial charge >= 0.3 is 0 Å². The Morgan fingerprint density at radius 1 is 1.36 bits per heavy atom. The Kier molecular flexibility index (Phi) is 1.87. The topological polar surface area (TPSA) is 41.5 Å². The molecule has 3 heteroatoms. The molecular weight excluding hydrogens is 142 g/mol. The van der Waals surface area contributed by atoms with Crippen LogP contribution in [0.2, 0.25) is 0 Å². The number of ether oxygens (including phenoxy) is 1. The molecule has 1 spiro atoms. The maximum absolute atomic E-state index is 9.30. The maximum Gasteiger partial charge on any atom is 0.0801 e. The third kappa shape index (κ3) is 1.41. The Morgan fingerprint density at radius 3 is 2.64 bits per heavy atom. The number of aliphatic hydroxyl groups is 1. The van der Waals surface area contributed by atoms with E-state index in [1.165, 1.54) is 0 Å². The van der Waals surface area contributed by atoms with Crippen molar-refractivity contribution < 1.29 is 9.84 Å². The van der Waals surface area contributed by atoms with Crippen molar-refractivity contribution in [3.05, 3.63) is 0 Å². The largest absolute Gasteiger partial charge is 0.391 e. The van der Waals surface area contributed by atoms with E-state index in [0.717, 1.165) is 32.4 Å². The van der Waals surface area contributed by atoms with E-state index in [4.69, 9.17) is 4.74 Å². The Hall–Kier alpha value is -0.120. The van der Waals surface area contributed by atoms with Crippen LogP contribution in [0.4, 0.5) is 0 Å². The van der Waals surface area contributed by atoms with E-state index in [9.17, 15) is 5.11 Å². The number of rotatable bonds is 0. The Balaban J connectivity index is 1.98. The molecule has 2 aliphatic heterocycles. The standard InChI is InChI=1S/C8H15NO2/c10-7-5-8(11-6-7)1-3-9-4-2-8/h7,9-10H,1-6H2/t7-/m1/s1. The van der Waals surface area contributed by atoms with E-state index in [1.807, 2.05) is 0 Å². The third-order valence-corrected chi connectivity index (χ3v) is 2.70. The van der Waals surface area contributed by atoms with Crippen LogP contribution in [0.5, 0.6) is 0 Å². The molecule has 2 aliphatic rings. The van der Waals surface area contributed by atoms with Crippen molar-refractivity contribution in [2.75, 3.05) is 19.7 Å². The van der Waals surface area contributed by atoms with Crippen molar-refractivity contribution in [1.29, 1.82) is 0 Å². The van der Waals surface area contributed by atoms with Crippen LogP contribution < -0.4 is 5.32 Å². The summed E-state index contributed by atoms with van der Waals surface area (Å²) in [6.07, 6.45) is 2.75. The van der Waals surface area contributed by atoms with Gasteiger partial charge < -0.3 is 15.2 Å². The molecule has 0 radical (unpaired) electrons. The normalized spacial score (nSPS) is 36.3. The van der Waals surface area contributed by atoms with Crippen molar-refractivity contribution in [2.24, 2.45) is 0 Å². The lowest BCUT2D eigenvalue weighted by atomic mass is 9.89. The van der Waals surface area contributed by atoms with Gasteiger partial charge in [-0.05, 0) is 25.9 Å². The van der Waals surface area contributed by atoms with Gasteiger partial charge in [0.15, 0.2) is 0 Å². The second kappa shape index (κ2) is 2.73. The lowest BCUT2D eigenvalue weighted by molar-refractivity contribution is -0.0209. The molecule has 0 bridgehead atoms. The van der Waals surface area contributed by atoms with E-state index in [1.54, 1.807) is 0 Å². The van der Waals surface area contributed by atoms with Gasteiger partial charge in [0.05, 0.1) is 18.3 Å². The molecule has 64 valence electrons. The molecule has 0 aromatic carbocycles. The number of hydrogen-bond donors (Lipinski definition) is 2. The number of hydrogen-bond acceptors (Lipinski definition) is 3. The summed E-state index contributed by atoms with van der Waals surface area (Å²) >= 11 is 0. The first-order valence-corrected chi connectivity index (χ1v) is 4.34. The molecule has 0 unspecified atom stereocenters. The predicted molar refractivity (Wildman–Crippen MR) is 41.4 cm³/mol. The first-order valence-electron chi connectivity index (χ1n) is 4.34. The van der Waals surface area contributed by atoms with Crippen LogP contribution in [-0.2, 0) is 4.74 Å². The summed E-state index contributed by atoms with van der Waals surface area (Å²) in [5.74, 6) is 0. The Labute approximate surface area is 66.7 Å².